The zero-order valence-corrected chi connectivity index (χ0v) is 15.9. The predicted molar refractivity (Wildman–Crippen MR) is 84.6 cm³/mol. The van der Waals surface area contributed by atoms with Crippen LogP contribution >= 0.6 is 0 Å². The molecule has 4 bridgehead atoms. The highest BCUT2D eigenvalue weighted by Crippen LogP contribution is 2.59. The highest BCUT2D eigenvalue weighted by Gasteiger charge is 2.69. The van der Waals surface area contributed by atoms with Gasteiger partial charge in [0.25, 0.3) is 0 Å². The number of carbonyl (C=O) groups excluding carboxylic acids is 2. The van der Waals surface area contributed by atoms with E-state index in [1.807, 2.05) is 0 Å². The van der Waals surface area contributed by atoms with Crippen molar-refractivity contribution < 1.29 is 59.1 Å². The Bertz CT molecular complexity index is 865. The lowest BCUT2D eigenvalue weighted by Gasteiger charge is -2.54. The highest BCUT2D eigenvalue weighted by molar-refractivity contribution is 7.86. The third-order valence-corrected chi connectivity index (χ3v) is 7.21. The van der Waals surface area contributed by atoms with Crippen LogP contribution in [0.15, 0.2) is 0 Å². The molecule has 0 heterocycles. The lowest BCUT2D eigenvalue weighted by atomic mass is 9.49. The van der Waals surface area contributed by atoms with Gasteiger partial charge in [-0.3, -0.25) is 14.1 Å². The van der Waals surface area contributed by atoms with Gasteiger partial charge in [0.2, 0.25) is 6.10 Å². The number of Topliss-reactive ketones (excluding diaryl/α,β-unsaturated/α-hetero) is 1. The number of aliphatic carboxylic acids is 1. The molecule has 0 spiro atoms. The Morgan fingerprint density at radius 2 is 1.57 bits per heavy atom. The van der Waals surface area contributed by atoms with E-state index in [1.165, 1.54) is 0 Å². The molecule has 170 valence electrons. The van der Waals surface area contributed by atoms with Crippen LogP contribution in [0.3, 0.4) is 0 Å². The predicted octanol–water partition coefficient (Wildman–Crippen LogP) is 2.04. The number of rotatable bonds is 6. The second kappa shape index (κ2) is 6.84. The number of ketones is 1. The molecule has 0 aromatic rings. The topological polar surface area (TPSA) is 135 Å². The highest BCUT2D eigenvalue weighted by atomic mass is 32.2. The normalized spacial score (nSPS) is 33.3. The van der Waals surface area contributed by atoms with E-state index in [0.717, 1.165) is 0 Å². The van der Waals surface area contributed by atoms with Crippen LogP contribution in [-0.4, -0.2) is 53.3 Å². The van der Waals surface area contributed by atoms with Crippen molar-refractivity contribution in [3.8, 4) is 0 Å². The molecule has 30 heavy (non-hydrogen) atoms. The molecule has 0 aliphatic heterocycles. The number of hydrogen-bond donors (Lipinski definition) is 2. The van der Waals surface area contributed by atoms with Crippen molar-refractivity contribution in [3.05, 3.63) is 0 Å². The molecule has 14 heteroatoms. The summed E-state index contributed by atoms with van der Waals surface area (Å²) in [6.45, 7) is 0. The fourth-order valence-electron chi connectivity index (χ4n) is 5.20. The Kier molecular flexibility index (Phi) is 5.21. The Labute approximate surface area is 166 Å². The van der Waals surface area contributed by atoms with E-state index < -0.39 is 62.8 Å². The molecule has 4 aliphatic carbocycles. The first-order valence-corrected chi connectivity index (χ1v) is 10.3. The minimum atomic E-state index is -6.70. The van der Waals surface area contributed by atoms with Crippen molar-refractivity contribution >= 4 is 27.8 Å². The number of carbonyl (C=O) groups is 3. The number of hydrogen-bond acceptors (Lipinski definition) is 6. The number of halogens is 5. The van der Waals surface area contributed by atoms with E-state index in [2.05, 4.69) is 4.74 Å². The lowest BCUT2D eigenvalue weighted by Crippen LogP contribution is -2.58. The molecule has 4 unspecified atom stereocenters. The summed E-state index contributed by atoms with van der Waals surface area (Å²) in [5.41, 5.74) is -1.50. The van der Waals surface area contributed by atoms with Crippen molar-refractivity contribution in [2.75, 3.05) is 0 Å². The average Bonchev–Trinajstić information content (AvgIpc) is 2.55. The maximum atomic E-state index is 13.9. The summed E-state index contributed by atoms with van der Waals surface area (Å²) in [6, 6.07) is 0. The van der Waals surface area contributed by atoms with Gasteiger partial charge < -0.3 is 9.84 Å². The van der Waals surface area contributed by atoms with E-state index in [1.54, 1.807) is 0 Å². The van der Waals surface area contributed by atoms with Gasteiger partial charge in [0, 0.05) is 11.8 Å². The number of carboxylic acid groups (broad SMARTS) is 1. The largest absolute Gasteiger partial charge is 0.478 e. The van der Waals surface area contributed by atoms with Crippen LogP contribution in [0.2, 0.25) is 0 Å². The first kappa shape index (κ1) is 22.8. The Morgan fingerprint density at radius 1 is 1.07 bits per heavy atom. The molecular weight excluding hydrogens is 447 g/mol. The fourth-order valence-corrected chi connectivity index (χ4v) is 5.78. The van der Waals surface area contributed by atoms with Gasteiger partial charge in [0.15, 0.2) is 5.92 Å². The number of carboxylic acids is 1. The maximum Gasteiger partial charge on any atom is 0.403 e. The minimum absolute atomic E-state index is 0.101. The second-order valence-electron chi connectivity index (χ2n) is 8.25. The van der Waals surface area contributed by atoms with Crippen molar-refractivity contribution in [1.29, 1.82) is 0 Å². The summed E-state index contributed by atoms with van der Waals surface area (Å²) in [4.78, 5) is 36.2. The van der Waals surface area contributed by atoms with Gasteiger partial charge >= 0.3 is 33.5 Å². The summed E-state index contributed by atoms with van der Waals surface area (Å²) in [7, 11) is -6.70. The van der Waals surface area contributed by atoms with Crippen LogP contribution in [0.25, 0.3) is 0 Å². The first-order chi connectivity index (χ1) is 13.5. The molecule has 4 saturated carbocycles. The van der Waals surface area contributed by atoms with Gasteiger partial charge in [-0.1, -0.05) is 0 Å². The van der Waals surface area contributed by atoms with Crippen LogP contribution in [-0.2, 0) is 29.2 Å². The Morgan fingerprint density at radius 3 is 1.97 bits per heavy atom. The zero-order chi connectivity index (χ0) is 22.9. The van der Waals surface area contributed by atoms with Gasteiger partial charge in [-0.05, 0) is 38.0 Å². The van der Waals surface area contributed by atoms with Crippen LogP contribution < -0.4 is 0 Å². The van der Waals surface area contributed by atoms with Crippen molar-refractivity contribution in [2.45, 2.75) is 49.6 Å². The van der Waals surface area contributed by atoms with Gasteiger partial charge in [0.1, 0.15) is 5.78 Å². The molecule has 0 radical (unpaired) electrons. The monoisotopic (exact) mass is 464 g/mol. The molecule has 4 atom stereocenters. The standard InChI is InChI=1S/C16H17F5O8S/c17-15(18,19)11(16(20,21)30(26,27)28)10(12(23)24)29-13(25)14-3-6-1-7(4-14)9(22)8(2-6)5-14/h6-8,10-11H,1-5H2,(H,23,24)(H,26,27,28). The SMILES string of the molecule is O=C1C2CC3CC1CC(C(=O)OC(C(=O)O)C(C(F)(F)F)C(F)(F)S(=O)(=O)O)(C3)C2. The lowest BCUT2D eigenvalue weighted by molar-refractivity contribution is -0.253. The molecule has 0 saturated heterocycles. The van der Waals surface area contributed by atoms with Crippen LogP contribution in [0.4, 0.5) is 22.0 Å². The molecule has 4 aliphatic rings. The molecule has 2 N–H and O–H groups in total. The minimum Gasteiger partial charge on any atom is -0.478 e. The molecular formula is C16H17F5O8S. The number of ether oxygens (including phenoxy) is 1. The first-order valence-electron chi connectivity index (χ1n) is 8.89. The van der Waals surface area contributed by atoms with Crippen LogP contribution in [0.1, 0.15) is 32.1 Å². The quantitative estimate of drug-likeness (QED) is 0.346. The molecule has 4 rings (SSSR count). The smallest absolute Gasteiger partial charge is 0.403 e. The van der Waals surface area contributed by atoms with E-state index >= 15 is 0 Å². The summed E-state index contributed by atoms with van der Waals surface area (Å²) in [6.07, 6.45) is -8.95. The van der Waals surface area contributed by atoms with Gasteiger partial charge in [-0.15, -0.1) is 0 Å². The zero-order valence-electron chi connectivity index (χ0n) is 15.1. The second-order valence-corrected chi connectivity index (χ2v) is 9.74. The molecule has 0 aromatic heterocycles. The van der Waals surface area contributed by atoms with Gasteiger partial charge in [0.05, 0.1) is 5.41 Å². The summed E-state index contributed by atoms with van der Waals surface area (Å²) < 4.78 is 102. The summed E-state index contributed by atoms with van der Waals surface area (Å²) in [5, 5.41) is 3.07. The van der Waals surface area contributed by atoms with E-state index in [0.29, 0.717) is 12.8 Å². The van der Waals surface area contributed by atoms with Gasteiger partial charge in [-0.25, -0.2) is 4.79 Å². The van der Waals surface area contributed by atoms with Crippen molar-refractivity contribution in [1.82, 2.24) is 0 Å². The Balaban J connectivity index is 1.94. The summed E-state index contributed by atoms with van der Waals surface area (Å²) in [5.74, 6) is -10.0. The third-order valence-electron chi connectivity index (χ3n) is 6.27. The number of alkyl halides is 5. The van der Waals surface area contributed by atoms with E-state index in [9.17, 15) is 44.8 Å². The maximum absolute atomic E-state index is 13.9. The molecule has 8 nitrogen and oxygen atoms in total. The van der Waals surface area contributed by atoms with Gasteiger partial charge in [-0.2, -0.15) is 30.4 Å². The van der Waals surface area contributed by atoms with E-state index in [-0.39, 0.29) is 31.0 Å². The van der Waals surface area contributed by atoms with Crippen molar-refractivity contribution in [2.24, 2.45) is 29.1 Å². The molecule has 0 amide bonds. The summed E-state index contributed by atoms with van der Waals surface area (Å²) >= 11 is 0. The fraction of sp³-hybridized carbons (Fsp3) is 0.812. The third kappa shape index (κ3) is 3.57. The Hall–Kier alpha value is -1.83. The number of esters is 1. The molecule has 0 aromatic carbocycles. The van der Waals surface area contributed by atoms with Crippen LogP contribution in [0.5, 0.6) is 0 Å². The average molecular weight is 464 g/mol. The molecule has 4 fully saturated rings. The van der Waals surface area contributed by atoms with Crippen LogP contribution in [0, 0.1) is 29.1 Å². The van der Waals surface area contributed by atoms with E-state index in [4.69, 9.17) is 9.66 Å². The van der Waals surface area contributed by atoms with Crippen molar-refractivity contribution in [3.63, 3.8) is 0 Å².